The molecule has 0 saturated carbocycles. The molecule has 0 aliphatic carbocycles. The van der Waals surface area contributed by atoms with E-state index >= 15 is 0 Å². The van der Waals surface area contributed by atoms with Crippen LogP contribution in [-0.4, -0.2) is 60.1 Å². The summed E-state index contributed by atoms with van der Waals surface area (Å²) in [6.07, 6.45) is -0.228. The summed E-state index contributed by atoms with van der Waals surface area (Å²) in [4.78, 5) is 51.3. The van der Waals surface area contributed by atoms with Gasteiger partial charge in [0.1, 0.15) is 0 Å². The zero-order chi connectivity index (χ0) is 24.4. The highest BCUT2D eigenvalue weighted by Crippen LogP contribution is 2.30. The van der Waals surface area contributed by atoms with Gasteiger partial charge in [-0.2, -0.15) is 0 Å². The first kappa shape index (κ1) is 28.4. The van der Waals surface area contributed by atoms with Crippen LogP contribution in [0.15, 0.2) is 24.3 Å². The minimum atomic E-state index is -0.695. The number of ether oxygens (including phenoxy) is 2. The number of imide groups is 2. The molecule has 0 rings (SSSR count). The molecule has 176 valence electrons. The molecule has 0 aliphatic rings. The van der Waals surface area contributed by atoms with Crippen LogP contribution in [0.25, 0.3) is 0 Å². The van der Waals surface area contributed by atoms with Crippen molar-refractivity contribution in [1.82, 2.24) is 9.80 Å². The second kappa shape index (κ2) is 12.9. The van der Waals surface area contributed by atoms with E-state index in [1.54, 1.807) is 27.7 Å². The van der Waals surface area contributed by atoms with Gasteiger partial charge in [-0.3, -0.25) is 9.59 Å². The summed E-state index contributed by atoms with van der Waals surface area (Å²) < 4.78 is 10.00. The Balaban J connectivity index is 5.21. The molecule has 0 heterocycles. The van der Waals surface area contributed by atoms with Gasteiger partial charge in [-0.05, 0) is 51.9 Å². The third-order valence-electron chi connectivity index (χ3n) is 4.60. The van der Waals surface area contributed by atoms with Crippen LogP contribution < -0.4 is 0 Å². The van der Waals surface area contributed by atoms with Crippen LogP contribution >= 0.6 is 0 Å². The Morgan fingerprint density at radius 2 is 1.29 bits per heavy atom. The van der Waals surface area contributed by atoms with E-state index in [0.29, 0.717) is 12.8 Å². The predicted molar refractivity (Wildman–Crippen MR) is 119 cm³/mol. The molecule has 0 radical (unpaired) electrons. The Bertz CT molecular complexity index is 698. The van der Waals surface area contributed by atoms with Gasteiger partial charge < -0.3 is 9.47 Å². The second-order valence-electron chi connectivity index (χ2n) is 8.55. The lowest BCUT2D eigenvalue weighted by Gasteiger charge is -2.32. The number of nitrogens with zero attached hydrogens (tertiary/aromatic N) is 2. The zero-order valence-electron chi connectivity index (χ0n) is 20.1. The van der Waals surface area contributed by atoms with Crippen molar-refractivity contribution in [2.75, 3.05) is 26.3 Å². The second-order valence-corrected chi connectivity index (χ2v) is 8.55. The van der Waals surface area contributed by atoms with Gasteiger partial charge in [-0.25, -0.2) is 19.4 Å². The van der Waals surface area contributed by atoms with Gasteiger partial charge in [0, 0.05) is 24.2 Å². The van der Waals surface area contributed by atoms with E-state index in [4.69, 9.17) is 9.47 Å². The van der Waals surface area contributed by atoms with Crippen molar-refractivity contribution >= 4 is 24.0 Å². The molecule has 0 aromatic heterocycles. The summed E-state index contributed by atoms with van der Waals surface area (Å²) in [5.41, 5.74) is 0.220. The fourth-order valence-electron chi connectivity index (χ4n) is 3.22. The number of amides is 4. The van der Waals surface area contributed by atoms with Gasteiger partial charge >= 0.3 is 12.2 Å². The molecule has 0 N–H and O–H groups in total. The van der Waals surface area contributed by atoms with Gasteiger partial charge in [-0.15, -0.1) is 0 Å². The van der Waals surface area contributed by atoms with E-state index in [1.807, 2.05) is 20.8 Å². The summed E-state index contributed by atoms with van der Waals surface area (Å²) in [6, 6.07) is 0. The van der Waals surface area contributed by atoms with Crippen molar-refractivity contribution in [1.29, 1.82) is 0 Å². The Morgan fingerprint density at radius 3 is 1.71 bits per heavy atom. The lowest BCUT2D eigenvalue weighted by molar-refractivity contribution is -0.127. The highest BCUT2D eigenvalue weighted by atomic mass is 16.6. The topological polar surface area (TPSA) is 93.2 Å². The van der Waals surface area contributed by atoms with Gasteiger partial charge in [0.2, 0.25) is 0 Å². The van der Waals surface area contributed by atoms with Gasteiger partial charge in [0.15, 0.2) is 0 Å². The summed E-state index contributed by atoms with van der Waals surface area (Å²) in [6.45, 7) is 20.3. The van der Waals surface area contributed by atoms with Crippen molar-refractivity contribution in [3.8, 4) is 0 Å². The smallest absolute Gasteiger partial charge is 0.416 e. The van der Waals surface area contributed by atoms with E-state index < -0.39 is 24.0 Å². The number of hydrogen-bond acceptors (Lipinski definition) is 6. The summed E-state index contributed by atoms with van der Waals surface area (Å²) in [5, 5.41) is 0. The molecule has 8 nitrogen and oxygen atoms in total. The standard InChI is InChI=1S/C23H38N2O6/c1-10-30-21(28)24(19(26)16(3)4)13-12-23(8,9)14-18(7)15-25(20(27)17(5)6)22(29)31-11-2/h18H,3,5,10-15H2,1-2,4,6-9H3. The van der Waals surface area contributed by atoms with E-state index in [2.05, 4.69) is 13.2 Å². The minimum Gasteiger partial charge on any atom is -0.449 e. The van der Waals surface area contributed by atoms with E-state index in [1.165, 1.54) is 0 Å². The number of carbonyl (C=O) groups is 4. The number of rotatable bonds is 11. The third kappa shape index (κ3) is 9.81. The third-order valence-corrected chi connectivity index (χ3v) is 4.60. The number of hydrogen-bond donors (Lipinski definition) is 0. The maximum Gasteiger partial charge on any atom is 0.416 e. The summed E-state index contributed by atoms with van der Waals surface area (Å²) in [5.74, 6) is -0.984. The quantitative estimate of drug-likeness (QED) is 0.439. The molecule has 0 aliphatic heterocycles. The highest BCUT2D eigenvalue weighted by Gasteiger charge is 2.30. The molecule has 0 aromatic rings. The van der Waals surface area contributed by atoms with Gasteiger partial charge in [0.25, 0.3) is 11.8 Å². The average molecular weight is 439 g/mol. The van der Waals surface area contributed by atoms with Crippen LogP contribution in [0.5, 0.6) is 0 Å². The maximum atomic E-state index is 12.4. The minimum absolute atomic E-state index is 0.0457. The van der Waals surface area contributed by atoms with E-state index in [0.717, 1.165) is 9.80 Å². The molecule has 4 amide bonds. The highest BCUT2D eigenvalue weighted by molar-refractivity contribution is 6.02. The van der Waals surface area contributed by atoms with E-state index in [-0.39, 0.29) is 48.8 Å². The van der Waals surface area contributed by atoms with Crippen molar-refractivity contribution < 1.29 is 28.7 Å². The van der Waals surface area contributed by atoms with Crippen molar-refractivity contribution in [2.45, 2.75) is 61.3 Å². The molecule has 0 aromatic carbocycles. The molecule has 31 heavy (non-hydrogen) atoms. The Labute approximate surface area is 186 Å². The summed E-state index contributed by atoms with van der Waals surface area (Å²) in [7, 11) is 0. The van der Waals surface area contributed by atoms with Crippen LogP contribution in [0.3, 0.4) is 0 Å². The molecule has 8 heteroatoms. The summed E-state index contributed by atoms with van der Waals surface area (Å²) >= 11 is 0. The first-order valence-electron chi connectivity index (χ1n) is 10.6. The monoisotopic (exact) mass is 438 g/mol. The van der Waals surface area contributed by atoms with Crippen molar-refractivity contribution in [2.24, 2.45) is 11.3 Å². The van der Waals surface area contributed by atoms with Crippen LogP contribution in [0.1, 0.15) is 61.3 Å². The fourth-order valence-corrected chi connectivity index (χ4v) is 3.22. The van der Waals surface area contributed by atoms with Crippen molar-refractivity contribution in [3.63, 3.8) is 0 Å². The van der Waals surface area contributed by atoms with E-state index in [9.17, 15) is 19.2 Å². The first-order valence-corrected chi connectivity index (χ1v) is 10.6. The lowest BCUT2D eigenvalue weighted by Crippen LogP contribution is -2.42. The first-order chi connectivity index (χ1) is 14.3. The van der Waals surface area contributed by atoms with Crippen LogP contribution in [0.2, 0.25) is 0 Å². The number of carbonyl (C=O) groups excluding carboxylic acids is 4. The van der Waals surface area contributed by atoms with Crippen molar-refractivity contribution in [3.05, 3.63) is 24.3 Å². The molecule has 0 fully saturated rings. The van der Waals surface area contributed by atoms with Crippen LogP contribution in [-0.2, 0) is 19.1 Å². The fraction of sp³-hybridized carbons (Fsp3) is 0.652. The Kier molecular flexibility index (Phi) is 11.8. The molecule has 0 spiro atoms. The Hall–Kier alpha value is -2.64. The Morgan fingerprint density at radius 1 is 0.871 bits per heavy atom. The average Bonchev–Trinajstić information content (AvgIpc) is 2.65. The van der Waals surface area contributed by atoms with Crippen LogP contribution in [0.4, 0.5) is 9.59 Å². The molecule has 0 bridgehead atoms. The SMILES string of the molecule is C=C(C)C(=O)N(CCC(C)(C)CC(C)CN(C(=O)OCC)C(=O)C(=C)C)C(=O)OCC. The van der Waals surface area contributed by atoms with Crippen LogP contribution in [0, 0.1) is 11.3 Å². The molecular formula is C23H38N2O6. The molecule has 0 saturated heterocycles. The maximum absolute atomic E-state index is 12.4. The van der Waals surface area contributed by atoms with Gasteiger partial charge in [-0.1, -0.05) is 33.9 Å². The zero-order valence-corrected chi connectivity index (χ0v) is 20.1. The van der Waals surface area contributed by atoms with Gasteiger partial charge in [0.05, 0.1) is 13.2 Å². The largest absolute Gasteiger partial charge is 0.449 e. The predicted octanol–water partition coefficient (Wildman–Crippen LogP) is 4.55. The molecular weight excluding hydrogens is 400 g/mol. The molecule has 1 atom stereocenters. The lowest BCUT2D eigenvalue weighted by atomic mass is 9.80. The normalized spacial score (nSPS) is 11.8. The molecule has 1 unspecified atom stereocenters.